The van der Waals surface area contributed by atoms with Gasteiger partial charge in [0.05, 0.1) is 19.0 Å². The van der Waals surface area contributed by atoms with E-state index in [1.165, 1.54) is 0 Å². The summed E-state index contributed by atoms with van der Waals surface area (Å²) in [5.74, 6) is 1.12. The van der Waals surface area contributed by atoms with Crippen molar-refractivity contribution in [3.63, 3.8) is 0 Å². The van der Waals surface area contributed by atoms with Crippen molar-refractivity contribution in [3.05, 3.63) is 50.9 Å². The van der Waals surface area contributed by atoms with E-state index in [-0.39, 0.29) is 11.5 Å². The van der Waals surface area contributed by atoms with Crippen molar-refractivity contribution in [2.24, 2.45) is 0 Å². The Morgan fingerprint density at radius 2 is 1.90 bits per heavy atom. The molecule has 3 heterocycles. The molecule has 1 aliphatic rings. The van der Waals surface area contributed by atoms with Gasteiger partial charge in [0.25, 0.3) is 5.56 Å². The van der Waals surface area contributed by atoms with Crippen LogP contribution in [0.5, 0.6) is 5.75 Å². The number of anilines is 1. The normalized spacial score (nSPS) is 15.4. The van der Waals surface area contributed by atoms with Gasteiger partial charge in [-0.05, 0) is 76.5 Å². The zero-order valence-corrected chi connectivity index (χ0v) is 19.2. The Labute approximate surface area is 185 Å². The van der Waals surface area contributed by atoms with Gasteiger partial charge in [0.1, 0.15) is 22.4 Å². The summed E-state index contributed by atoms with van der Waals surface area (Å²) in [5.41, 5.74) is 1.46. The van der Waals surface area contributed by atoms with E-state index in [9.17, 15) is 9.59 Å². The first-order chi connectivity index (χ1) is 14.9. The van der Waals surface area contributed by atoms with Crippen molar-refractivity contribution in [2.45, 2.75) is 46.2 Å². The van der Waals surface area contributed by atoms with Crippen LogP contribution in [-0.4, -0.2) is 40.6 Å². The number of rotatable bonds is 6. The van der Waals surface area contributed by atoms with Gasteiger partial charge < -0.3 is 10.1 Å². The van der Waals surface area contributed by atoms with Gasteiger partial charge in [-0.1, -0.05) is 0 Å². The van der Waals surface area contributed by atoms with Gasteiger partial charge in [0.15, 0.2) is 0 Å². The number of nitrogens with zero attached hydrogens (tertiary/aromatic N) is 3. The number of amides is 1. The lowest BCUT2D eigenvalue weighted by molar-refractivity contribution is -0.119. The van der Waals surface area contributed by atoms with E-state index in [1.807, 2.05) is 13.8 Å². The van der Waals surface area contributed by atoms with Crippen LogP contribution in [-0.2, 0) is 11.3 Å². The van der Waals surface area contributed by atoms with E-state index in [1.54, 1.807) is 54.2 Å². The Hall–Kier alpha value is -2.71. The first-order valence-electron chi connectivity index (χ1n) is 10.6. The third-order valence-corrected chi connectivity index (χ3v) is 7.10. The third kappa shape index (κ3) is 4.22. The molecule has 1 saturated heterocycles. The first-order valence-corrected chi connectivity index (χ1v) is 11.4. The minimum absolute atomic E-state index is 0.140. The molecule has 1 N–H and O–H groups in total. The summed E-state index contributed by atoms with van der Waals surface area (Å²) in [6.07, 6.45) is 2.30. The predicted octanol–water partition coefficient (Wildman–Crippen LogP) is 3.88. The molecule has 8 heteroatoms. The number of aromatic nitrogens is 2. The number of nitrogens with one attached hydrogen (secondary N) is 1. The highest BCUT2D eigenvalue weighted by Gasteiger charge is 2.25. The number of methoxy groups -OCH3 is 1. The van der Waals surface area contributed by atoms with Crippen molar-refractivity contribution in [2.75, 3.05) is 25.5 Å². The first kappa shape index (κ1) is 21.5. The number of carbonyl (C=O) groups excluding carboxylic acids is 1. The highest BCUT2D eigenvalue weighted by atomic mass is 32.1. The number of hydrogen-bond donors (Lipinski definition) is 1. The monoisotopic (exact) mass is 440 g/mol. The summed E-state index contributed by atoms with van der Waals surface area (Å²) < 4.78 is 6.75. The third-order valence-electron chi connectivity index (χ3n) is 6.00. The molecule has 0 bridgehead atoms. The summed E-state index contributed by atoms with van der Waals surface area (Å²) in [4.78, 5) is 35.6. The minimum atomic E-state index is -0.691. The number of ether oxygens (including phenoxy) is 1. The van der Waals surface area contributed by atoms with Gasteiger partial charge in [-0.3, -0.25) is 19.1 Å². The van der Waals surface area contributed by atoms with E-state index < -0.39 is 6.04 Å². The minimum Gasteiger partial charge on any atom is -0.497 e. The number of aryl methyl sites for hydroxylation is 2. The maximum absolute atomic E-state index is 13.6. The molecule has 1 amide bonds. The zero-order valence-electron chi connectivity index (χ0n) is 18.4. The smallest absolute Gasteiger partial charge is 0.263 e. The average Bonchev–Trinajstić information content (AvgIpc) is 3.36. The van der Waals surface area contributed by atoms with Gasteiger partial charge in [0.2, 0.25) is 5.91 Å². The topological polar surface area (TPSA) is 76.5 Å². The number of thiophene rings is 1. The molecular weight excluding hydrogens is 412 g/mol. The summed E-state index contributed by atoms with van der Waals surface area (Å²) in [7, 11) is 1.60. The predicted molar refractivity (Wildman–Crippen MR) is 124 cm³/mol. The summed E-state index contributed by atoms with van der Waals surface area (Å²) in [6.45, 7) is 8.26. The van der Waals surface area contributed by atoms with Gasteiger partial charge in [-0.25, -0.2) is 4.98 Å². The second kappa shape index (κ2) is 8.80. The van der Waals surface area contributed by atoms with Crippen LogP contribution in [0.2, 0.25) is 0 Å². The van der Waals surface area contributed by atoms with Gasteiger partial charge in [0, 0.05) is 10.6 Å². The quantitative estimate of drug-likeness (QED) is 0.630. The van der Waals surface area contributed by atoms with Crippen LogP contribution in [0, 0.1) is 13.8 Å². The molecule has 0 spiro atoms. The molecule has 1 fully saturated rings. The maximum atomic E-state index is 13.6. The highest BCUT2D eigenvalue weighted by molar-refractivity contribution is 7.18. The summed E-state index contributed by atoms with van der Waals surface area (Å²) in [6, 6.07) is 6.45. The van der Waals surface area contributed by atoms with Crippen LogP contribution in [0.3, 0.4) is 0 Å². The standard InChI is InChI=1S/C23H28N4O3S/c1-14-16(3)31-22-20(14)23(29)27(19(25-22)13-26-11-5-6-12-26)15(2)21(28)24-17-7-9-18(30-4)10-8-17/h7-10,15H,5-6,11-13H2,1-4H3,(H,24,28). The van der Waals surface area contributed by atoms with Gasteiger partial charge in [-0.2, -0.15) is 0 Å². The number of fused-ring (bicyclic) bond motifs is 1. The number of likely N-dealkylation sites (tertiary alicyclic amines) is 1. The van der Waals surface area contributed by atoms with Crippen LogP contribution >= 0.6 is 11.3 Å². The Bertz CT molecular complexity index is 1160. The molecule has 2 aromatic heterocycles. The molecule has 1 atom stereocenters. The second-order valence-corrected chi connectivity index (χ2v) is 9.25. The van der Waals surface area contributed by atoms with Crippen LogP contribution in [0.4, 0.5) is 5.69 Å². The molecule has 1 aliphatic heterocycles. The highest BCUT2D eigenvalue weighted by Crippen LogP contribution is 2.28. The number of hydrogen-bond acceptors (Lipinski definition) is 6. The fraction of sp³-hybridized carbons (Fsp3) is 0.435. The molecule has 0 radical (unpaired) electrons. The molecule has 0 saturated carbocycles. The van der Waals surface area contributed by atoms with Crippen LogP contribution in [0.1, 0.15) is 42.1 Å². The van der Waals surface area contributed by atoms with E-state index >= 15 is 0 Å². The lowest BCUT2D eigenvalue weighted by Crippen LogP contribution is -2.36. The maximum Gasteiger partial charge on any atom is 0.263 e. The van der Waals surface area contributed by atoms with Crippen molar-refractivity contribution >= 4 is 33.1 Å². The number of carbonyl (C=O) groups is 1. The molecule has 1 unspecified atom stereocenters. The number of benzene rings is 1. The Morgan fingerprint density at radius 3 is 2.55 bits per heavy atom. The van der Waals surface area contributed by atoms with Crippen molar-refractivity contribution in [1.82, 2.24) is 14.5 Å². The summed E-state index contributed by atoms with van der Waals surface area (Å²) in [5, 5.41) is 3.54. The second-order valence-electron chi connectivity index (χ2n) is 8.04. The van der Waals surface area contributed by atoms with Crippen LogP contribution in [0.15, 0.2) is 29.1 Å². The van der Waals surface area contributed by atoms with Gasteiger partial charge in [-0.15, -0.1) is 11.3 Å². The molecule has 0 aliphatic carbocycles. The Balaban J connectivity index is 1.71. The molecule has 31 heavy (non-hydrogen) atoms. The Morgan fingerprint density at radius 1 is 1.23 bits per heavy atom. The molecular formula is C23H28N4O3S. The SMILES string of the molecule is COc1ccc(NC(=O)C(C)n2c(CN3CCCC3)nc3sc(C)c(C)c3c2=O)cc1. The van der Waals surface area contributed by atoms with E-state index in [0.29, 0.717) is 29.2 Å². The van der Waals surface area contributed by atoms with Crippen molar-refractivity contribution < 1.29 is 9.53 Å². The lowest BCUT2D eigenvalue weighted by atomic mass is 10.2. The molecule has 4 rings (SSSR count). The fourth-order valence-corrected chi connectivity index (χ4v) is 5.08. The van der Waals surface area contributed by atoms with Crippen LogP contribution in [0.25, 0.3) is 10.2 Å². The molecule has 164 valence electrons. The van der Waals surface area contributed by atoms with Crippen molar-refractivity contribution in [3.8, 4) is 5.75 Å². The summed E-state index contributed by atoms with van der Waals surface area (Å²) >= 11 is 1.54. The average molecular weight is 441 g/mol. The largest absolute Gasteiger partial charge is 0.497 e. The molecule has 7 nitrogen and oxygen atoms in total. The Kier molecular flexibility index (Phi) is 6.11. The van der Waals surface area contributed by atoms with Crippen LogP contribution < -0.4 is 15.6 Å². The zero-order chi connectivity index (χ0) is 22.1. The van der Waals surface area contributed by atoms with E-state index in [4.69, 9.17) is 9.72 Å². The lowest BCUT2D eigenvalue weighted by Gasteiger charge is -2.22. The van der Waals surface area contributed by atoms with E-state index in [0.717, 1.165) is 41.2 Å². The fourth-order valence-electron chi connectivity index (χ4n) is 4.04. The van der Waals surface area contributed by atoms with Crippen molar-refractivity contribution in [1.29, 1.82) is 0 Å². The molecule has 3 aromatic rings. The van der Waals surface area contributed by atoms with Gasteiger partial charge >= 0.3 is 0 Å². The van der Waals surface area contributed by atoms with E-state index in [2.05, 4.69) is 10.2 Å². The molecule has 1 aromatic carbocycles.